The number of nitrogens with one attached hydrogen (secondary N) is 2. The molecule has 4 nitrogen and oxygen atoms in total. The number of piperidine rings is 1. The van der Waals surface area contributed by atoms with Gasteiger partial charge in [0.15, 0.2) is 5.13 Å². The summed E-state index contributed by atoms with van der Waals surface area (Å²) in [7, 11) is 0. The summed E-state index contributed by atoms with van der Waals surface area (Å²) in [6.07, 6.45) is 4.07. The van der Waals surface area contributed by atoms with Crippen LogP contribution in [0.25, 0.3) is 11.3 Å². The van der Waals surface area contributed by atoms with Crippen LogP contribution in [0, 0.1) is 12.8 Å². The van der Waals surface area contributed by atoms with Gasteiger partial charge in [-0.25, -0.2) is 4.98 Å². The summed E-state index contributed by atoms with van der Waals surface area (Å²) in [4.78, 5) is 18.2. The van der Waals surface area contributed by atoms with Crippen LogP contribution in [-0.2, 0) is 11.2 Å². The lowest BCUT2D eigenvalue weighted by molar-refractivity contribution is -0.120. The van der Waals surface area contributed by atoms with Crippen LogP contribution in [0.15, 0.2) is 24.3 Å². The molecule has 3 rings (SSSR count). The van der Waals surface area contributed by atoms with Crippen LogP contribution in [0.3, 0.4) is 0 Å². The number of carbonyl (C=O) groups is 1. The van der Waals surface area contributed by atoms with Gasteiger partial charge >= 0.3 is 0 Å². The normalized spacial score (nSPS) is 14.8. The van der Waals surface area contributed by atoms with Crippen molar-refractivity contribution in [1.82, 2.24) is 10.3 Å². The first-order valence-corrected chi connectivity index (χ1v) is 9.57. The first kappa shape index (κ1) is 19.9. The Labute approximate surface area is 159 Å². The lowest BCUT2D eigenvalue weighted by atomic mass is 9.97. The Balaban J connectivity index is 0.00000225. The highest BCUT2D eigenvalue weighted by molar-refractivity contribution is 7.16. The van der Waals surface area contributed by atoms with Crippen molar-refractivity contribution in [2.45, 2.75) is 39.5 Å². The highest BCUT2D eigenvalue weighted by Gasteiger charge is 2.22. The minimum absolute atomic E-state index is 0. The number of aromatic nitrogens is 1. The first-order chi connectivity index (χ1) is 11.7. The fourth-order valence-corrected chi connectivity index (χ4v) is 3.97. The number of benzene rings is 1. The molecule has 0 saturated carbocycles. The molecule has 1 aromatic heterocycles. The summed E-state index contributed by atoms with van der Waals surface area (Å²) < 4.78 is 0. The second kappa shape index (κ2) is 9.32. The topological polar surface area (TPSA) is 54.0 Å². The first-order valence-electron chi connectivity index (χ1n) is 8.75. The molecule has 1 aromatic carbocycles. The molecule has 0 bridgehead atoms. The van der Waals surface area contributed by atoms with Crippen molar-refractivity contribution in [3.8, 4) is 11.3 Å². The van der Waals surface area contributed by atoms with E-state index in [1.54, 1.807) is 11.3 Å². The number of hydrogen-bond donors (Lipinski definition) is 2. The molecule has 1 fully saturated rings. The summed E-state index contributed by atoms with van der Waals surface area (Å²) in [6, 6.07) is 8.60. The van der Waals surface area contributed by atoms with Crippen LogP contribution in [0.4, 0.5) is 5.13 Å². The number of aryl methyl sites for hydroxylation is 2. The number of hydrogen-bond acceptors (Lipinski definition) is 4. The summed E-state index contributed by atoms with van der Waals surface area (Å²) in [6.45, 7) is 6.09. The van der Waals surface area contributed by atoms with Crippen molar-refractivity contribution in [1.29, 1.82) is 0 Å². The van der Waals surface area contributed by atoms with E-state index in [0.29, 0.717) is 5.13 Å². The molecule has 2 N–H and O–H groups in total. The number of thiazole rings is 1. The van der Waals surface area contributed by atoms with E-state index >= 15 is 0 Å². The van der Waals surface area contributed by atoms with Crippen molar-refractivity contribution >= 4 is 34.8 Å². The minimum atomic E-state index is 0. The molecule has 0 aliphatic carbocycles. The number of anilines is 1. The molecule has 1 aliphatic heterocycles. The van der Waals surface area contributed by atoms with Gasteiger partial charge in [0.25, 0.3) is 0 Å². The highest BCUT2D eigenvalue weighted by atomic mass is 35.5. The van der Waals surface area contributed by atoms with Crippen molar-refractivity contribution in [2.75, 3.05) is 18.4 Å². The fraction of sp³-hybridized carbons (Fsp3) is 0.474. The smallest absolute Gasteiger partial charge is 0.229 e. The van der Waals surface area contributed by atoms with E-state index in [1.165, 1.54) is 5.56 Å². The summed E-state index contributed by atoms with van der Waals surface area (Å²) in [5, 5.41) is 7.02. The molecule has 136 valence electrons. The maximum Gasteiger partial charge on any atom is 0.229 e. The summed E-state index contributed by atoms with van der Waals surface area (Å²) in [5.74, 6) is 0.210. The number of halogens is 1. The average Bonchev–Trinajstić information content (AvgIpc) is 2.97. The van der Waals surface area contributed by atoms with Gasteiger partial charge in [-0.15, -0.1) is 23.7 Å². The Morgan fingerprint density at radius 2 is 1.96 bits per heavy atom. The summed E-state index contributed by atoms with van der Waals surface area (Å²) in [5.41, 5.74) is 3.45. The van der Waals surface area contributed by atoms with E-state index < -0.39 is 0 Å². The predicted molar refractivity (Wildman–Crippen MR) is 108 cm³/mol. The Morgan fingerprint density at radius 3 is 2.60 bits per heavy atom. The number of amides is 1. The van der Waals surface area contributed by atoms with E-state index in [2.05, 4.69) is 53.7 Å². The fourth-order valence-electron chi connectivity index (χ4n) is 3.13. The summed E-state index contributed by atoms with van der Waals surface area (Å²) >= 11 is 1.56. The SMILES string of the molecule is CCCc1ccc(-c2nc(NC(=O)C3CCNCC3)sc2C)cc1.Cl. The molecule has 1 saturated heterocycles. The van der Waals surface area contributed by atoms with Crippen LogP contribution in [-0.4, -0.2) is 24.0 Å². The van der Waals surface area contributed by atoms with E-state index in [-0.39, 0.29) is 24.2 Å². The third kappa shape index (κ3) is 5.03. The minimum Gasteiger partial charge on any atom is -0.317 e. The number of carbonyl (C=O) groups excluding carboxylic acids is 1. The van der Waals surface area contributed by atoms with E-state index in [0.717, 1.165) is 54.9 Å². The Hall–Kier alpha value is -1.43. The molecular formula is C19H26ClN3OS. The second-order valence-corrected chi connectivity index (χ2v) is 7.59. The third-order valence-electron chi connectivity index (χ3n) is 4.50. The molecule has 2 heterocycles. The average molecular weight is 380 g/mol. The van der Waals surface area contributed by atoms with Gasteiger partial charge in [0.2, 0.25) is 5.91 Å². The largest absolute Gasteiger partial charge is 0.317 e. The predicted octanol–water partition coefficient (Wildman–Crippen LogP) is 4.43. The zero-order chi connectivity index (χ0) is 16.9. The van der Waals surface area contributed by atoms with Crippen molar-refractivity contribution < 1.29 is 4.79 Å². The molecule has 1 amide bonds. The Kier molecular flexibility index (Phi) is 7.41. The van der Waals surface area contributed by atoms with E-state index in [9.17, 15) is 4.79 Å². The molecule has 2 aromatic rings. The van der Waals surface area contributed by atoms with Gasteiger partial charge in [-0.3, -0.25) is 4.79 Å². The molecule has 1 aliphatic rings. The lowest BCUT2D eigenvalue weighted by Crippen LogP contribution is -2.34. The molecule has 6 heteroatoms. The standard InChI is InChI=1S/C19H25N3OS.ClH/c1-3-4-14-5-7-15(8-6-14)17-13(2)24-19(21-17)22-18(23)16-9-11-20-12-10-16;/h5-8,16,20H,3-4,9-12H2,1-2H3,(H,21,22,23);1H. The van der Waals surface area contributed by atoms with Crippen molar-refractivity contribution in [3.63, 3.8) is 0 Å². The maximum absolute atomic E-state index is 12.4. The van der Waals surface area contributed by atoms with Crippen molar-refractivity contribution in [3.05, 3.63) is 34.7 Å². The van der Waals surface area contributed by atoms with Gasteiger partial charge in [0, 0.05) is 16.4 Å². The van der Waals surface area contributed by atoms with Crippen molar-refractivity contribution in [2.24, 2.45) is 5.92 Å². The van der Waals surface area contributed by atoms with Gasteiger partial charge in [-0.1, -0.05) is 37.6 Å². The van der Waals surface area contributed by atoms with Gasteiger partial charge < -0.3 is 10.6 Å². The van der Waals surface area contributed by atoms with Crippen LogP contribution in [0.1, 0.15) is 36.6 Å². The molecule has 0 atom stereocenters. The lowest BCUT2D eigenvalue weighted by Gasteiger charge is -2.21. The molecule has 0 radical (unpaired) electrons. The molecule has 0 unspecified atom stereocenters. The quantitative estimate of drug-likeness (QED) is 0.807. The van der Waals surface area contributed by atoms with Gasteiger partial charge in [-0.05, 0) is 44.8 Å². The van der Waals surface area contributed by atoms with Crippen LogP contribution < -0.4 is 10.6 Å². The second-order valence-electron chi connectivity index (χ2n) is 6.38. The molecule has 0 spiro atoms. The zero-order valence-electron chi connectivity index (χ0n) is 14.8. The third-order valence-corrected chi connectivity index (χ3v) is 5.39. The number of nitrogens with zero attached hydrogens (tertiary/aromatic N) is 1. The van der Waals surface area contributed by atoms with Gasteiger partial charge in [0.1, 0.15) is 0 Å². The van der Waals surface area contributed by atoms with E-state index in [1.807, 2.05) is 0 Å². The van der Waals surface area contributed by atoms with Crippen LogP contribution in [0.2, 0.25) is 0 Å². The zero-order valence-corrected chi connectivity index (χ0v) is 16.4. The number of rotatable bonds is 5. The molecule has 25 heavy (non-hydrogen) atoms. The molecular weight excluding hydrogens is 354 g/mol. The van der Waals surface area contributed by atoms with Crippen LogP contribution >= 0.6 is 23.7 Å². The van der Waals surface area contributed by atoms with E-state index in [4.69, 9.17) is 0 Å². The maximum atomic E-state index is 12.4. The van der Waals surface area contributed by atoms with Gasteiger partial charge in [-0.2, -0.15) is 0 Å². The Morgan fingerprint density at radius 1 is 1.28 bits per heavy atom. The van der Waals surface area contributed by atoms with Crippen LogP contribution in [0.5, 0.6) is 0 Å². The monoisotopic (exact) mass is 379 g/mol. The highest BCUT2D eigenvalue weighted by Crippen LogP contribution is 2.31. The van der Waals surface area contributed by atoms with Gasteiger partial charge in [0.05, 0.1) is 5.69 Å². The Bertz CT molecular complexity index is 693.